The lowest BCUT2D eigenvalue weighted by molar-refractivity contribution is -0.138. The van der Waals surface area contributed by atoms with Gasteiger partial charge in [0, 0.05) is 6.42 Å². The fourth-order valence-electron chi connectivity index (χ4n) is 3.75. The zero-order valence-corrected chi connectivity index (χ0v) is 12.1. The van der Waals surface area contributed by atoms with Crippen LogP contribution < -0.4 is 0 Å². The van der Waals surface area contributed by atoms with E-state index in [4.69, 9.17) is 4.74 Å². The summed E-state index contributed by atoms with van der Waals surface area (Å²) in [6, 6.07) is 10.8. The van der Waals surface area contributed by atoms with Gasteiger partial charge in [-0.05, 0) is 43.9 Å². The molecule has 1 spiro atoms. The van der Waals surface area contributed by atoms with E-state index in [0.29, 0.717) is 0 Å². The Balaban J connectivity index is 1.94. The largest absolute Gasteiger partial charge is 0.365 e. The maximum absolute atomic E-state index is 6.48. The molecule has 1 nitrogen and oxygen atoms in total. The van der Waals surface area contributed by atoms with Gasteiger partial charge in [-0.15, -0.1) is 0 Å². The van der Waals surface area contributed by atoms with E-state index in [-0.39, 0.29) is 11.2 Å². The summed E-state index contributed by atoms with van der Waals surface area (Å²) in [7, 11) is 0. The van der Waals surface area contributed by atoms with E-state index < -0.39 is 0 Å². The van der Waals surface area contributed by atoms with Gasteiger partial charge in [-0.3, -0.25) is 0 Å². The molecule has 1 aliphatic heterocycles. The molecular weight excluding hydrogens is 232 g/mol. The molecule has 19 heavy (non-hydrogen) atoms. The molecule has 0 amide bonds. The van der Waals surface area contributed by atoms with Crippen LogP contribution in [0, 0.1) is 0 Å². The summed E-state index contributed by atoms with van der Waals surface area (Å²) < 4.78 is 6.48. The molecule has 1 aliphatic carbocycles. The summed E-state index contributed by atoms with van der Waals surface area (Å²) in [6.45, 7) is 4.40. The van der Waals surface area contributed by atoms with Gasteiger partial charge in [0.25, 0.3) is 0 Å². The second kappa shape index (κ2) is 4.79. The topological polar surface area (TPSA) is 9.23 Å². The Kier molecular flexibility index (Phi) is 3.26. The molecule has 1 heteroatoms. The highest BCUT2D eigenvalue weighted by Gasteiger charge is 2.41. The third-order valence-electron chi connectivity index (χ3n) is 4.42. The van der Waals surface area contributed by atoms with Gasteiger partial charge < -0.3 is 4.74 Å². The lowest BCUT2D eigenvalue weighted by Gasteiger charge is -2.46. The van der Waals surface area contributed by atoms with Gasteiger partial charge in [0.2, 0.25) is 0 Å². The van der Waals surface area contributed by atoms with E-state index in [9.17, 15) is 0 Å². The molecule has 0 bridgehead atoms. The van der Waals surface area contributed by atoms with Crippen LogP contribution >= 0.6 is 0 Å². The maximum atomic E-state index is 6.48. The molecule has 3 rings (SSSR count). The Bertz CT molecular complexity index is 464. The third kappa shape index (κ3) is 2.76. The molecule has 1 aromatic carbocycles. The Labute approximate surface area is 116 Å². The average Bonchev–Trinajstić information content (AvgIpc) is 2.38. The van der Waals surface area contributed by atoms with Crippen LogP contribution in [-0.2, 0) is 4.74 Å². The van der Waals surface area contributed by atoms with Crippen molar-refractivity contribution in [1.29, 1.82) is 0 Å². The van der Waals surface area contributed by atoms with Crippen molar-refractivity contribution in [3.8, 4) is 0 Å². The van der Waals surface area contributed by atoms with Crippen LogP contribution in [0.4, 0.5) is 0 Å². The van der Waals surface area contributed by atoms with Crippen LogP contribution in [-0.4, -0.2) is 11.2 Å². The van der Waals surface area contributed by atoms with Crippen LogP contribution in [0.3, 0.4) is 0 Å². The fourth-order valence-corrected chi connectivity index (χ4v) is 3.75. The summed E-state index contributed by atoms with van der Waals surface area (Å²) in [6.07, 6.45) is 9.86. The zero-order chi connectivity index (χ0) is 13.3. The highest BCUT2D eigenvalue weighted by molar-refractivity contribution is 5.68. The molecular formula is C18H24O. The Morgan fingerprint density at radius 3 is 2.32 bits per heavy atom. The summed E-state index contributed by atoms with van der Waals surface area (Å²) in [5.41, 5.74) is 2.80. The van der Waals surface area contributed by atoms with Gasteiger partial charge in [-0.2, -0.15) is 0 Å². The second-order valence-electron chi connectivity index (χ2n) is 6.66. The smallest absolute Gasteiger partial charge is 0.0819 e. The molecule has 102 valence electrons. The summed E-state index contributed by atoms with van der Waals surface area (Å²) in [4.78, 5) is 0. The van der Waals surface area contributed by atoms with Gasteiger partial charge in [0.1, 0.15) is 0 Å². The van der Waals surface area contributed by atoms with Crippen molar-refractivity contribution in [2.45, 2.75) is 63.6 Å². The number of hydrogen-bond donors (Lipinski definition) is 0. The first-order chi connectivity index (χ1) is 9.09. The molecule has 0 aromatic heterocycles. The molecule has 0 radical (unpaired) electrons. The molecule has 0 unspecified atom stereocenters. The summed E-state index contributed by atoms with van der Waals surface area (Å²) in [5.74, 6) is 0. The van der Waals surface area contributed by atoms with E-state index in [1.807, 2.05) is 0 Å². The second-order valence-corrected chi connectivity index (χ2v) is 6.66. The zero-order valence-electron chi connectivity index (χ0n) is 12.1. The predicted molar refractivity (Wildman–Crippen MR) is 80.0 cm³/mol. The molecule has 1 heterocycles. The van der Waals surface area contributed by atoms with Crippen molar-refractivity contribution in [3.63, 3.8) is 0 Å². The van der Waals surface area contributed by atoms with Crippen LogP contribution in [0.1, 0.15) is 57.9 Å². The van der Waals surface area contributed by atoms with Crippen molar-refractivity contribution < 1.29 is 4.74 Å². The van der Waals surface area contributed by atoms with Crippen molar-refractivity contribution in [2.24, 2.45) is 0 Å². The van der Waals surface area contributed by atoms with Crippen LogP contribution in [0.25, 0.3) is 5.57 Å². The van der Waals surface area contributed by atoms with Crippen LogP contribution in [0.2, 0.25) is 0 Å². The lowest BCUT2D eigenvalue weighted by Crippen LogP contribution is -2.45. The Morgan fingerprint density at radius 1 is 0.947 bits per heavy atom. The highest BCUT2D eigenvalue weighted by atomic mass is 16.5. The molecule has 2 aliphatic rings. The molecule has 1 aromatic rings. The molecule has 1 saturated carbocycles. The van der Waals surface area contributed by atoms with Gasteiger partial charge in [0.05, 0.1) is 11.2 Å². The lowest BCUT2D eigenvalue weighted by atomic mass is 9.75. The number of rotatable bonds is 1. The monoisotopic (exact) mass is 256 g/mol. The summed E-state index contributed by atoms with van der Waals surface area (Å²) >= 11 is 0. The Hall–Kier alpha value is -1.08. The van der Waals surface area contributed by atoms with Crippen LogP contribution in [0.5, 0.6) is 0 Å². The minimum Gasteiger partial charge on any atom is -0.365 e. The standard InChI is InChI=1S/C18H24O/c1-17(2)13-16(15-9-5-3-6-10-15)14-18(19-17)11-7-4-8-12-18/h3,5-6,9-10,13H,4,7-8,11-12,14H2,1-2H3. The van der Waals surface area contributed by atoms with E-state index in [1.165, 1.54) is 43.2 Å². The number of ether oxygens (including phenoxy) is 1. The number of hydrogen-bond acceptors (Lipinski definition) is 1. The van der Waals surface area contributed by atoms with Crippen molar-refractivity contribution >= 4 is 5.57 Å². The minimum absolute atomic E-state index is 0.0989. The van der Waals surface area contributed by atoms with Gasteiger partial charge in [-0.25, -0.2) is 0 Å². The molecule has 0 atom stereocenters. The van der Waals surface area contributed by atoms with Crippen molar-refractivity contribution in [2.75, 3.05) is 0 Å². The van der Waals surface area contributed by atoms with E-state index in [1.54, 1.807) is 0 Å². The summed E-state index contributed by atoms with van der Waals surface area (Å²) in [5, 5.41) is 0. The highest BCUT2D eigenvalue weighted by Crippen LogP contribution is 2.45. The van der Waals surface area contributed by atoms with Crippen LogP contribution in [0.15, 0.2) is 36.4 Å². The molecule has 0 N–H and O–H groups in total. The van der Waals surface area contributed by atoms with Crippen molar-refractivity contribution in [3.05, 3.63) is 42.0 Å². The van der Waals surface area contributed by atoms with Gasteiger partial charge in [-0.1, -0.05) is 49.6 Å². The Morgan fingerprint density at radius 2 is 1.63 bits per heavy atom. The fraction of sp³-hybridized carbons (Fsp3) is 0.556. The van der Waals surface area contributed by atoms with Crippen molar-refractivity contribution in [1.82, 2.24) is 0 Å². The SMILES string of the molecule is CC1(C)C=C(c2ccccc2)CC2(CCCCC2)O1. The van der Waals surface area contributed by atoms with E-state index in [0.717, 1.165) is 6.42 Å². The van der Waals surface area contributed by atoms with E-state index >= 15 is 0 Å². The maximum Gasteiger partial charge on any atom is 0.0819 e. The first-order valence-corrected chi connectivity index (χ1v) is 7.56. The quantitative estimate of drug-likeness (QED) is 0.689. The normalized spacial score (nSPS) is 25.1. The minimum atomic E-state index is -0.138. The average molecular weight is 256 g/mol. The first-order valence-electron chi connectivity index (χ1n) is 7.56. The van der Waals surface area contributed by atoms with E-state index in [2.05, 4.69) is 50.3 Å². The molecule has 0 saturated heterocycles. The first kappa shape index (κ1) is 12.9. The number of benzene rings is 1. The molecule has 1 fully saturated rings. The third-order valence-corrected chi connectivity index (χ3v) is 4.42. The predicted octanol–water partition coefficient (Wildman–Crippen LogP) is 4.97. The van der Waals surface area contributed by atoms with Gasteiger partial charge >= 0.3 is 0 Å². The van der Waals surface area contributed by atoms with Gasteiger partial charge in [0.15, 0.2) is 0 Å².